The number of halogens is 4. The smallest absolute Gasteiger partial charge is 0.417 e. The minimum Gasteiger partial charge on any atom is -0.470 e. The Hall–Kier alpha value is -4.49. The van der Waals surface area contributed by atoms with Gasteiger partial charge in [0.15, 0.2) is 12.0 Å². The number of hydrogen-bond acceptors (Lipinski definition) is 9. The number of benzene rings is 2. The monoisotopic (exact) mass is 569 g/mol. The molecular formula is C28H27F4N7O2. The van der Waals surface area contributed by atoms with Gasteiger partial charge in [-0.2, -0.15) is 13.2 Å². The molecule has 1 aliphatic heterocycles. The zero-order valence-electron chi connectivity index (χ0n) is 21.6. The van der Waals surface area contributed by atoms with Crippen LogP contribution in [0.1, 0.15) is 29.3 Å². The second-order valence-corrected chi connectivity index (χ2v) is 9.44. The van der Waals surface area contributed by atoms with Crippen LogP contribution in [0.3, 0.4) is 0 Å². The highest BCUT2D eigenvalue weighted by molar-refractivity contribution is 5.61. The molecule has 4 aromatic rings. The third-order valence-corrected chi connectivity index (χ3v) is 6.46. The van der Waals surface area contributed by atoms with Gasteiger partial charge < -0.3 is 31.5 Å². The van der Waals surface area contributed by atoms with Gasteiger partial charge >= 0.3 is 6.18 Å². The molecule has 5 rings (SSSR count). The molecule has 0 amide bonds. The first-order valence-electron chi connectivity index (χ1n) is 12.8. The Kier molecular flexibility index (Phi) is 8.17. The highest BCUT2D eigenvalue weighted by Gasteiger charge is 2.32. The van der Waals surface area contributed by atoms with E-state index in [9.17, 15) is 22.7 Å². The highest BCUT2D eigenvalue weighted by atomic mass is 19.4. The number of alkyl halides is 3. The van der Waals surface area contributed by atoms with Crippen LogP contribution >= 0.6 is 0 Å². The van der Waals surface area contributed by atoms with Gasteiger partial charge in [-0.05, 0) is 48.9 Å². The van der Waals surface area contributed by atoms with E-state index < -0.39 is 23.8 Å². The van der Waals surface area contributed by atoms with Gasteiger partial charge in [0.25, 0.3) is 5.88 Å². The Morgan fingerprint density at radius 3 is 2.51 bits per heavy atom. The number of aromatic nitrogens is 3. The van der Waals surface area contributed by atoms with E-state index in [2.05, 4.69) is 30.9 Å². The van der Waals surface area contributed by atoms with Gasteiger partial charge in [-0.15, -0.1) is 0 Å². The first-order chi connectivity index (χ1) is 19.7. The maximum atomic E-state index is 13.4. The summed E-state index contributed by atoms with van der Waals surface area (Å²) in [5.41, 5.74) is 7.26. The van der Waals surface area contributed by atoms with E-state index in [4.69, 9.17) is 10.5 Å². The van der Waals surface area contributed by atoms with Crippen molar-refractivity contribution in [2.75, 3.05) is 29.5 Å². The van der Waals surface area contributed by atoms with Crippen LogP contribution in [-0.2, 0) is 12.7 Å². The van der Waals surface area contributed by atoms with E-state index in [1.54, 1.807) is 6.20 Å². The third kappa shape index (κ3) is 6.99. The Bertz CT molecular complexity index is 1480. The number of anilines is 3. The summed E-state index contributed by atoms with van der Waals surface area (Å²) in [4.78, 5) is 12.6. The number of ether oxygens (including phenoxy) is 1. The van der Waals surface area contributed by atoms with E-state index in [1.807, 2.05) is 24.3 Å². The summed E-state index contributed by atoms with van der Waals surface area (Å²) in [6.07, 6.45) is -3.14. The second-order valence-electron chi connectivity index (χ2n) is 9.44. The van der Waals surface area contributed by atoms with E-state index in [1.165, 1.54) is 24.3 Å². The third-order valence-electron chi connectivity index (χ3n) is 6.46. The van der Waals surface area contributed by atoms with Gasteiger partial charge in [0.05, 0.1) is 17.5 Å². The Labute approximate surface area is 232 Å². The second kappa shape index (κ2) is 11.9. The van der Waals surface area contributed by atoms with Crippen LogP contribution in [0.2, 0.25) is 0 Å². The Morgan fingerprint density at radius 2 is 1.83 bits per heavy atom. The maximum Gasteiger partial charge on any atom is 0.417 e. The maximum absolute atomic E-state index is 13.4. The van der Waals surface area contributed by atoms with E-state index >= 15 is 0 Å². The predicted molar refractivity (Wildman–Crippen MR) is 145 cm³/mol. The molecule has 0 spiro atoms. The molecule has 3 heterocycles. The summed E-state index contributed by atoms with van der Waals surface area (Å²) in [5.74, 6) is 0.0443. The number of nitrogen functional groups attached to an aromatic ring is 1. The molecule has 41 heavy (non-hydrogen) atoms. The summed E-state index contributed by atoms with van der Waals surface area (Å²) in [7, 11) is 0. The van der Waals surface area contributed by atoms with Crippen LogP contribution in [0.15, 0.2) is 67.0 Å². The fourth-order valence-electron chi connectivity index (χ4n) is 4.25. The zero-order chi connectivity index (χ0) is 29.0. The molecule has 2 atom stereocenters. The number of rotatable bonds is 9. The number of hydrogen-bond donors (Lipinski definition) is 5. The van der Waals surface area contributed by atoms with Crippen molar-refractivity contribution in [1.29, 1.82) is 0 Å². The summed E-state index contributed by atoms with van der Waals surface area (Å²) in [5, 5.41) is 19.6. The Morgan fingerprint density at radius 1 is 1.07 bits per heavy atom. The molecule has 0 aliphatic carbocycles. The van der Waals surface area contributed by atoms with E-state index in [0.717, 1.165) is 30.2 Å². The van der Waals surface area contributed by atoms with Gasteiger partial charge in [0.1, 0.15) is 17.7 Å². The molecule has 2 unspecified atom stereocenters. The topological polar surface area (TPSA) is 130 Å². The summed E-state index contributed by atoms with van der Waals surface area (Å²) in [6.45, 7) is 1.77. The molecule has 2 aromatic carbocycles. The average Bonchev–Trinajstić information content (AvgIpc) is 3.47. The lowest BCUT2D eigenvalue weighted by Crippen LogP contribution is -2.21. The normalized spacial score (nSPS) is 15.9. The van der Waals surface area contributed by atoms with Gasteiger partial charge in [-0.25, -0.2) is 19.3 Å². The molecule has 2 aromatic heterocycles. The van der Waals surface area contributed by atoms with Gasteiger partial charge in [0, 0.05) is 36.1 Å². The first kappa shape index (κ1) is 28.1. The van der Waals surface area contributed by atoms with Crippen LogP contribution in [0.5, 0.6) is 5.88 Å². The summed E-state index contributed by atoms with van der Waals surface area (Å²) < 4.78 is 59.3. The van der Waals surface area contributed by atoms with Gasteiger partial charge in [-0.1, -0.05) is 24.3 Å². The van der Waals surface area contributed by atoms with Crippen LogP contribution in [0.25, 0.3) is 11.3 Å². The summed E-state index contributed by atoms with van der Waals surface area (Å²) >= 11 is 0. The predicted octanol–water partition coefficient (Wildman–Crippen LogP) is 4.73. The zero-order valence-corrected chi connectivity index (χ0v) is 21.6. The van der Waals surface area contributed by atoms with Gasteiger partial charge in [-0.3, -0.25) is 0 Å². The van der Waals surface area contributed by atoms with Crippen LogP contribution in [0, 0.1) is 5.82 Å². The lowest BCUT2D eigenvalue weighted by atomic mass is 10.1. The molecule has 0 saturated carbocycles. The lowest BCUT2D eigenvalue weighted by molar-refractivity contribution is -0.137. The van der Waals surface area contributed by atoms with Crippen molar-refractivity contribution < 1.29 is 27.4 Å². The minimum atomic E-state index is -4.66. The Balaban J connectivity index is 1.30. The standard InChI is InChI=1S/C28H27F4N7O2/c29-19-5-7-20(8-6-19)38-26(40)22-11-18(28(30,31)32)13-37-25(22)36-12-16-1-3-17(4-2-16)23-15-35-24(33)27(39-23)41-21-9-10-34-14-21/h1-8,11,13,15,21,26,34,38,40H,9-10,12,14H2,(H2,33,35)(H,36,37). The molecule has 1 saturated heterocycles. The summed E-state index contributed by atoms with van der Waals surface area (Å²) in [6, 6.07) is 13.2. The van der Waals surface area contributed by atoms with Crippen molar-refractivity contribution in [3.8, 4) is 17.1 Å². The SMILES string of the molecule is Nc1ncc(-c2ccc(CNc3ncc(C(F)(F)F)cc3C(O)Nc3ccc(F)cc3)cc2)nc1OC1CCNC1. The molecule has 214 valence electrons. The lowest BCUT2D eigenvalue weighted by Gasteiger charge is -2.20. The number of nitrogens with zero attached hydrogens (tertiary/aromatic N) is 3. The number of pyridine rings is 1. The van der Waals surface area contributed by atoms with Gasteiger partial charge in [0.2, 0.25) is 0 Å². The highest BCUT2D eigenvalue weighted by Crippen LogP contribution is 2.33. The number of aliphatic hydroxyl groups excluding tert-OH is 1. The molecule has 6 N–H and O–H groups in total. The van der Waals surface area contributed by atoms with E-state index in [-0.39, 0.29) is 35.7 Å². The molecular weight excluding hydrogens is 542 g/mol. The molecule has 1 aliphatic rings. The number of nitrogens with one attached hydrogen (secondary N) is 3. The van der Waals surface area contributed by atoms with Crippen molar-refractivity contribution in [2.24, 2.45) is 0 Å². The van der Waals surface area contributed by atoms with Crippen molar-refractivity contribution in [2.45, 2.75) is 31.5 Å². The van der Waals surface area contributed by atoms with Crippen molar-refractivity contribution in [3.63, 3.8) is 0 Å². The van der Waals surface area contributed by atoms with Crippen molar-refractivity contribution in [1.82, 2.24) is 20.3 Å². The van der Waals surface area contributed by atoms with Crippen molar-refractivity contribution in [3.05, 3.63) is 89.5 Å². The fourth-order valence-corrected chi connectivity index (χ4v) is 4.25. The molecule has 9 nitrogen and oxygen atoms in total. The van der Waals surface area contributed by atoms with Crippen LogP contribution in [0.4, 0.5) is 34.9 Å². The quantitative estimate of drug-likeness (QED) is 0.143. The van der Waals surface area contributed by atoms with Crippen LogP contribution < -0.4 is 26.4 Å². The van der Waals surface area contributed by atoms with Crippen LogP contribution in [-0.4, -0.2) is 39.3 Å². The largest absolute Gasteiger partial charge is 0.470 e. The first-order valence-corrected chi connectivity index (χ1v) is 12.8. The number of nitrogens with two attached hydrogens (primary N) is 1. The average molecular weight is 570 g/mol. The molecule has 0 radical (unpaired) electrons. The molecule has 13 heteroatoms. The molecule has 1 fully saturated rings. The van der Waals surface area contributed by atoms with E-state index in [0.29, 0.717) is 24.1 Å². The minimum absolute atomic E-state index is 0.0246. The van der Waals surface area contributed by atoms with Crippen molar-refractivity contribution >= 4 is 17.3 Å². The molecule has 0 bridgehead atoms. The fraction of sp³-hybridized carbons (Fsp3) is 0.250. The number of aliphatic hydroxyl groups is 1.